The Kier molecular flexibility index (Phi) is 4.15. The first-order valence-electron chi connectivity index (χ1n) is 4.69. The number of morpholine rings is 1. The molecule has 1 aromatic rings. The van der Waals surface area contributed by atoms with Crippen molar-refractivity contribution in [1.29, 1.82) is 0 Å². The van der Waals surface area contributed by atoms with Gasteiger partial charge in [0, 0.05) is 27.8 Å². The van der Waals surface area contributed by atoms with Crippen molar-refractivity contribution < 1.29 is 4.74 Å². The summed E-state index contributed by atoms with van der Waals surface area (Å²) in [5.41, 5.74) is 0. The fourth-order valence-corrected chi connectivity index (χ4v) is 2.31. The van der Waals surface area contributed by atoms with Gasteiger partial charge >= 0.3 is 0 Å². The molecule has 4 nitrogen and oxygen atoms in total. The average Bonchev–Trinajstić information content (AvgIpc) is 2.30. The molecule has 0 aromatic carbocycles. The molecule has 1 fully saturated rings. The molecule has 1 aliphatic heterocycles. The van der Waals surface area contributed by atoms with E-state index in [4.69, 9.17) is 4.74 Å². The van der Waals surface area contributed by atoms with Crippen molar-refractivity contribution in [2.24, 2.45) is 0 Å². The summed E-state index contributed by atoms with van der Waals surface area (Å²) in [5, 5.41) is 0.877. The lowest BCUT2D eigenvalue weighted by atomic mass is 10.3. The van der Waals surface area contributed by atoms with Crippen LogP contribution in [-0.4, -0.2) is 41.1 Å². The topological polar surface area (TPSA) is 38.2 Å². The van der Waals surface area contributed by atoms with Crippen LogP contribution in [0.25, 0.3) is 0 Å². The zero-order chi connectivity index (χ0) is 10.7. The van der Waals surface area contributed by atoms with Gasteiger partial charge in [-0.05, 0) is 22.6 Å². The fourth-order valence-electron chi connectivity index (χ4n) is 1.50. The van der Waals surface area contributed by atoms with Crippen LogP contribution < -0.4 is 4.90 Å². The van der Waals surface area contributed by atoms with Crippen LogP contribution in [0.5, 0.6) is 0 Å². The van der Waals surface area contributed by atoms with E-state index in [0.29, 0.717) is 6.04 Å². The number of alkyl halides is 1. The lowest BCUT2D eigenvalue weighted by molar-refractivity contribution is 0.0995. The van der Waals surface area contributed by atoms with E-state index >= 15 is 0 Å². The molecule has 1 aliphatic rings. The maximum atomic E-state index is 5.42. The number of rotatable bonds is 2. The van der Waals surface area contributed by atoms with Crippen LogP contribution in [0.4, 0.5) is 5.95 Å². The van der Waals surface area contributed by atoms with Crippen molar-refractivity contribution in [2.45, 2.75) is 6.04 Å². The number of hydrogen-bond donors (Lipinski definition) is 0. The molecule has 2 rings (SSSR count). The molecule has 0 aliphatic carbocycles. The Morgan fingerprint density at radius 3 is 2.93 bits per heavy atom. The van der Waals surface area contributed by atoms with Crippen molar-refractivity contribution in [1.82, 2.24) is 9.97 Å². The van der Waals surface area contributed by atoms with E-state index < -0.39 is 0 Å². The molecule has 0 spiro atoms. The smallest absolute Gasteiger partial charge is 0.225 e. The summed E-state index contributed by atoms with van der Waals surface area (Å²) in [6.45, 7) is 2.34. The molecule has 1 atom stereocenters. The van der Waals surface area contributed by atoms with Gasteiger partial charge in [-0.3, -0.25) is 0 Å². The van der Waals surface area contributed by atoms with E-state index in [0.717, 1.165) is 34.6 Å². The molecular formula is C9H11BrIN3O. The summed E-state index contributed by atoms with van der Waals surface area (Å²) in [4.78, 5) is 10.9. The lowest BCUT2D eigenvalue weighted by Gasteiger charge is -2.34. The SMILES string of the molecule is BrCC1COCCN1c1ncc(I)cn1. The summed E-state index contributed by atoms with van der Waals surface area (Å²) in [5.74, 6) is 0.795. The zero-order valence-electron chi connectivity index (χ0n) is 8.07. The standard InChI is InChI=1S/C9H11BrIN3O/c10-3-8-6-15-2-1-14(8)9-12-4-7(11)5-13-9/h4-5,8H,1-3,6H2. The largest absolute Gasteiger partial charge is 0.377 e. The first kappa shape index (κ1) is 11.5. The van der Waals surface area contributed by atoms with Gasteiger partial charge in [0.25, 0.3) is 0 Å². The highest BCUT2D eigenvalue weighted by Crippen LogP contribution is 2.16. The van der Waals surface area contributed by atoms with Crippen LogP contribution in [0.15, 0.2) is 12.4 Å². The second-order valence-electron chi connectivity index (χ2n) is 3.28. The molecule has 0 bridgehead atoms. The van der Waals surface area contributed by atoms with E-state index in [-0.39, 0.29) is 0 Å². The number of anilines is 1. The van der Waals surface area contributed by atoms with Gasteiger partial charge in [-0.15, -0.1) is 0 Å². The van der Waals surface area contributed by atoms with Gasteiger partial charge in [0.2, 0.25) is 5.95 Å². The monoisotopic (exact) mass is 383 g/mol. The van der Waals surface area contributed by atoms with Gasteiger partial charge in [-0.1, -0.05) is 15.9 Å². The molecule has 82 valence electrons. The van der Waals surface area contributed by atoms with Gasteiger partial charge in [0.05, 0.1) is 19.3 Å². The minimum Gasteiger partial charge on any atom is -0.377 e. The van der Waals surface area contributed by atoms with E-state index in [1.807, 2.05) is 12.4 Å². The Morgan fingerprint density at radius 1 is 1.53 bits per heavy atom. The van der Waals surface area contributed by atoms with Crippen LogP contribution in [-0.2, 0) is 4.74 Å². The first-order valence-corrected chi connectivity index (χ1v) is 6.89. The molecule has 0 saturated carbocycles. The minimum atomic E-state index is 0.332. The minimum absolute atomic E-state index is 0.332. The van der Waals surface area contributed by atoms with Crippen molar-refractivity contribution >= 4 is 44.5 Å². The molecule has 1 unspecified atom stereocenters. The summed E-state index contributed by atoms with van der Waals surface area (Å²) in [6, 6.07) is 0.332. The van der Waals surface area contributed by atoms with Crippen LogP contribution in [0, 0.1) is 3.57 Å². The molecular weight excluding hydrogens is 373 g/mol. The summed E-state index contributed by atoms with van der Waals surface area (Å²) in [7, 11) is 0. The van der Waals surface area contributed by atoms with E-state index in [1.165, 1.54) is 0 Å². The number of nitrogens with zero attached hydrogens (tertiary/aromatic N) is 3. The van der Waals surface area contributed by atoms with Crippen molar-refractivity contribution in [3.63, 3.8) is 0 Å². The molecule has 0 radical (unpaired) electrons. The normalized spacial score (nSPS) is 21.7. The van der Waals surface area contributed by atoms with E-state index in [9.17, 15) is 0 Å². The highest BCUT2D eigenvalue weighted by Gasteiger charge is 2.23. The molecule has 1 saturated heterocycles. The maximum absolute atomic E-state index is 5.42. The zero-order valence-corrected chi connectivity index (χ0v) is 11.8. The van der Waals surface area contributed by atoms with Crippen LogP contribution in [0.1, 0.15) is 0 Å². The molecule has 6 heteroatoms. The fraction of sp³-hybridized carbons (Fsp3) is 0.556. The molecule has 0 amide bonds. The molecule has 2 heterocycles. The van der Waals surface area contributed by atoms with Crippen molar-refractivity contribution in [3.8, 4) is 0 Å². The van der Waals surface area contributed by atoms with E-state index in [1.54, 1.807) is 0 Å². The van der Waals surface area contributed by atoms with E-state index in [2.05, 4.69) is 53.4 Å². The second-order valence-corrected chi connectivity index (χ2v) is 5.17. The summed E-state index contributed by atoms with van der Waals surface area (Å²) >= 11 is 5.69. The third kappa shape index (κ3) is 2.79. The Morgan fingerprint density at radius 2 is 2.27 bits per heavy atom. The Balaban J connectivity index is 2.16. The van der Waals surface area contributed by atoms with Gasteiger partial charge in [-0.25, -0.2) is 9.97 Å². The third-order valence-electron chi connectivity index (χ3n) is 2.27. The van der Waals surface area contributed by atoms with Crippen molar-refractivity contribution in [3.05, 3.63) is 16.0 Å². The van der Waals surface area contributed by atoms with Crippen LogP contribution >= 0.6 is 38.5 Å². The molecule has 1 aromatic heterocycles. The molecule has 0 N–H and O–H groups in total. The van der Waals surface area contributed by atoms with Gasteiger partial charge < -0.3 is 9.64 Å². The Labute approximate surface area is 111 Å². The van der Waals surface area contributed by atoms with Gasteiger partial charge in [-0.2, -0.15) is 0 Å². The summed E-state index contributed by atoms with van der Waals surface area (Å²) in [6.07, 6.45) is 3.67. The van der Waals surface area contributed by atoms with Gasteiger partial charge in [0.15, 0.2) is 0 Å². The predicted octanol–water partition coefficient (Wildman–Crippen LogP) is 1.68. The number of halogens is 2. The third-order valence-corrected chi connectivity index (χ3v) is 3.57. The van der Waals surface area contributed by atoms with Crippen molar-refractivity contribution in [2.75, 3.05) is 30.0 Å². The number of hydrogen-bond acceptors (Lipinski definition) is 4. The lowest BCUT2D eigenvalue weighted by Crippen LogP contribution is -2.47. The first-order chi connectivity index (χ1) is 7.31. The summed E-state index contributed by atoms with van der Waals surface area (Å²) < 4.78 is 6.48. The Hall–Kier alpha value is 0.0500. The maximum Gasteiger partial charge on any atom is 0.225 e. The highest BCUT2D eigenvalue weighted by molar-refractivity contribution is 14.1. The predicted molar refractivity (Wildman–Crippen MR) is 70.5 cm³/mol. The Bertz CT molecular complexity index is 322. The van der Waals surface area contributed by atoms with Crippen LogP contribution in [0.3, 0.4) is 0 Å². The number of ether oxygens (including phenoxy) is 1. The highest BCUT2D eigenvalue weighted by atomic mass is 127. The molecule has 15 heavy (non-hydrogen) atoms. The van der Waals surface area contributed by atoms with Gasteiger partial charge in [0.1, 0.15) is 0 Å². The second kappa shape index (κ2) is 5.40. The average molecular weight is 384 g/mol. The van der Waals surface area contributed by atoms with Crippen LogP contribution in [0.2, 0.25) is 0 Å². The number of aromatic nitrogens is 2. The quantitative estimate of drug-likeness (QED) is 0.575.